The summed E-state index contributed by atoms with van der Waals surface area (Å²) in [5, 5.41) is 9.27. The molecule has 0 unspecified atom stereocenters. The summed E-state index contributed by atoms with van der Waals surface area (Å²) in [7, 11) is 1.55. The fraction of sp³-hybridized carbons (Fsp3) is 0.222. The maximum absolute atomic E-state index is 13.5. The van der Waals surface area contributed by atoms with Gasteiger partial charge in [-0.05, 0) is 29.8 Å². The highest BCUT2D eigenvalue weighted by molar-refractivity contribution is 6.25. The minimum Gasteiger partial charge on any atom is -0.497 e. The van der Waals surface area contributed by atoms with E-state index in [2.05, 4.69) is 10.3 Å². The van der Waals surface area contributed by atoms with Crippen molar-refractivity contribution in [1.29, 1.82) is 0 Å². The largest absolute Gasteiger partial charge is 0.497 e. The van der Waals surface area contributed by atoms with Gasteiger partial charge in [-0.2, -0.15) is 5.11 Å². The van der Waals surface area contributed by atoms with Gasteiger partial charge in [0, 0.05) is 6.07 Å². The number of benzene rings is 2. The van der Waals surface area contributed by atoms with Crippen molar-refractivity contribution in [3.8, 4) is 5.75 Å². The third-order valence-corrected chi connectivity index (χ3v) is 4.50. The van der Waals surface area contributed by atoms with Crippen LogP contribution in [0.15, 0.2) is 52.8 Å². The van der Waals surface area contributed by atoms with E-state index in [9.17, 15) is 18.4 Å². The summed E-state index contributed by atoms with van der Waals surface area (Å²) < 4.78 is 31.9. The monoisotopic (exact) mass is 372 g/mol. The number of carbonyl (C=O) groups is 2. The summed E-state index contributed by atoms with van der Waals surface area (Å²) in [4.78, 5) is 26.2. The van der Waals surface area contributed by atoms with E-state index < -0.39 is 35.5 Å². The van der Waals surface area contributed by atoms with Crippen molar-refractivity contribution in [3.63, 3.8) is 0 Å². The molecule has 1 saturated heterocycles. The Hall–Kier alpha value is -3.36. The van der Waals surface area contributed by atoms with Crippen LogP contribution < -0.4 is 9.64 Å². The number of ether oxygens (including phenoxy) is 1. The van der Waals surface area contributed by atoms with Crippen molar-refractivity contribution < 1.29 is 23.1 Å². The number of rotatable bonds is 4. The molecule has 2 aromatic carbocycles. The zero-order chi connectivity index (χ0) is 19.1. The molecule has 9 heteroatoms. The molecule has 0 saturated carbocycles. The second kappa shape index (κ2) is 6.42. The van der Waals surface area contributed by atoms with Crippen LogP contribution in [-0.2, 0) is 16.1 Å². The van der Waals surface area contributed by atoms with Gasteiger partial charge in [0.1, 0.15) is 5.75 Å². The number of anilines is 1. The zero-order valence-corrected chi connectivity index (χ0v) is 14.2. The summed E-state index contributed by atoms with van der Waals surface area (Å²) in [6, 6.07) is 8.15. The Bertz CT molecular complexity index is 965. The van der Waals surface area contributed by atoms with Crippen LogP contribution in [-0.4, -0.2) is 36.0 Å². The molecule has 138 valence electrons. The van der Waals surface area contributed by atoms with Gasteiger partial charge in [0.2, 0.25) is 0 Å². The van der Waals surface area contributed by atoms with E-state index in [0.29, 0.717) is 5.75 Å². The average Bonchev–Trinajstić information content (AvgIpc) is 3.18. The van der Waals surface area contributed by atoms with Crippen molar-refractivity contribution in [2.24, 2.45) is 10.3 Å². The van der Waals surface area contributed by atoms with Gasteiger partial charge in [-0.3, -0.25) is 14.6 Å². The highest BCUT2D eigenvalue weighted by Crippen LogP contribution is 2.33. The van der Waals surface area contributed by atoms with Crippen LogP contribution in [0.2, 0.25) is 0 Å². The second-order valence-electron chi connectivity index (χ2n) is 6.15. The topological polar surface area (TPSA) is 74.6 Å². The fourth-order valence-electron chi connectivity index (χ4n) is 3.19. The number of hydrogen-bond donors (Lipinski definition) is 0. The lowest BCUT2D eigenvalue weighted by molar-refractivity contribution is -0.123. The Kier molecular flexibility index (Phi) is 4.06. The first-order valence-electron chi connectivity index (χ1n) is 8.13. The second-order valence-corrected chi connectivity index (χ2v) is 6.15. The number of nitrogens with zero attached hydrogens (tertiary/aromatic N) is 4. The maximum atomic E-state index is 13.5. The van der Waals surface area contributed by atoms with Gasteiger partial charge in [-0.25, -0.2) is 13.7 Å². The highest BCUT2D eigenvalue weighted by Gasteiger charge is 2.54. The summed E-state index contributed by atoms with van der Waals surface area (Å²) >= 11 is 0. The predicted octanol–water partition coefficient (Wildman–Crippen LogP) is 2.47. The molecule has 7 nitrogen and oxygen atoms in total. The van der Waals surface area contributed by atoms with Crippen molar-refractivity contribution in [2.75, 3.05) is 12.0 Å². The molecule has 2 aliphatic heterocycles. The molecule has 2 heterocycles. The molecule has 27 heavy (non-hydrogen) atoms. The lowest BCUT2D eigenvalue weighted by Gasteiger charge is -2.20. The van der Waals surface area contributed by atoms with Gasteiger partial charge < -0.3 is 4.74 Å². The summed E-state index contributed by atoms with van der Waals surface area (Å²) in [6.45, 7) is 0.243. The maximum Gasteiger partial charge on any atom is 0.263 e. The average molecular weight is 372 g/mol. The molecule has 0 N–H and O–H groups in total. The third kappa shape index (κ3) is 2.80. The standard InChI is InChI=1S/C18H14F2N4O3/c1-27-12-4-2-3-10(7-12)9-23-16-15(21-22-23)17(25)24(18(16)26)11-5-6-13(19)14(20)8-11/h2-8,15-16H,9H2,1H3/t15-,16-/m1/s1. The number of imide groups is 1. The van der Waals surface area contributed by atoms with Crippen LogP contribution in [0, 0.1) is 11.6 Å². The molecule has 0 bridgehead atoms. The molecule has 0 spiro atoms. The molecule has 2 amide bonds. The zero-order valence-electron chi connectivity index (χ0n) is 14.2. The molecule has 2 atom stereocenters. The number of carbonyl (C=O) groups excluding carboxylic acids is 2. The van der Waals surface area contributed by atoms with Crippen LogP contribution in [0.3, 0.4) is 0 Å². The lowest BCUT2D eigenvalue weighted by atomic mass is 10.1. The molecule has 0 aliphatic carbocycles. The Morgan fingerprint density at radius 3 is 2.63 bits per heavy atom. The van der Waals surface area contributed by atoms with Gasteiger partial charge in [0.15, 0.2) is 23.7 Å². The summed E-state index contributed by atoms with van der Waals surface area (Å²) in [6.07, 6.45) is 0. The van der Waals surface area contributed by atoms with Gasteiger partial charge in [0.25, 0.3) is 11.8 Å². The number of methoxy groups -OCH3 is 1. The molecular formula is C18H14F2N4O3. The van der Waals surface area contributed by atoms with Gasteiger partial charge >= 0.3 is 0 Å². The molecule has 0 radical (unpaired) electrons. The van der Waals surface area contributed by atoms with E-state index in [1.165, 1.54) is 11.1 Å². The predicted molar refractivity (Wildman–Crippen MR) is 89.8 cm³/mol. The van der Waals surface area contributed by atoms with E-state index in [0.717, 1.165) is 22.6 Å². The van der Waals surface area contributed by atoms with E-state index in [4.69, 9.17) is 4.74 Å². The van der Waals surface area contributed by atoms with Crippen molar-refractivity contribution >= 4 is 17.5 Å². The molecular weight excluding hydrogens is 358 g/mol. The fourth-order valence-corrected chi connectivity index (χ4v) is 3.19. The quantitative estimate of drug-likeness (QED) is 0.773. The molecule has 0 aromatic heterocycles. The van der Waals surface area contributed by atoms with E-state index in [-0.39, 0.29) is 12.2 Å². The normalized spacial score (nSPS) is 21.1. The minimum atomic E-state index is -1.14. The molecule has 1 fully saturated rings. The van der Waals surface area contributed by atoms with Crippen molar-refractivity contribution in [2.45, 2.75) is 18.6 Å². The van der Waals surface area contributed by atoms with Gasteiger partial charge in [-0.1, -0.05) is 17.4 Å². The first kappa shape index (κ1) is 17.1. The van der Waals surface area contributed by atoms with Crippen LogP contribution in [0.1, 0.15) is 5.56 Å². The van der Waals surface area contributed by atoms with Crippen molar-refractivity contribution in [3.05, 3.63) is 59.7 Å². The van der Waals surface area contributed by atoms with Crippen molar-refractivity contribution in [1.82, 2.24) is 5.01 Å². The summed E-state index contributed by atoms with van der Waals surface area (Å²) in [5.74, 6) is -2.74. The Labute approximate surface area is 152 Å². The number of hydrogen-bond acceptors (Lipinski definition) is 6. The number of amides is 2. The van der Waals surface area contributed by atoms with E-state index in [1.54, 1.807) is 25.3 Å². The first-order chi connectivity index (χ1) is 13.0. The van der Waals surface area contributed by atoms with Crippen LogP contribution in [0.4, 0.5) is 14.5 Å². The van der Waals surface area contributed by atoms with E-state index >= 15 is 0 Å². The molecule has 2 aliphatic rings. The third-order valence-electron chi connectivity index (χ3n) is 4.50. The van der Waals surface area contributed by atoms with Gasteiger partial charge in [-0.15, -0.1) is 0 Å². The molecule has 2 aromatic rings. The lowest BCUT2D eigenvalue weighted by Crippen LogP contribution is -2.39. The van der Waals surface area contributed by atoms with Gasteiger partial charge in [0.05, 0.1) is 19.3 Å². The summed E-state index contributed by atoms with van der Waals surface area (Å²) in [5.41, 5.74) is 0.787. The van der Waals surface area contributed by atoms with E-state index in [1.807, 2.05) is 6.07 Å². The smallest absolute Gasteiger partial charge is 0.263 e. The van der Waals surface area contributed by atoms with Crippen LogP contribution in [0.5, 0.6) is 5.75 Å². The Balaban J connectivity index is 1.60. The molecule has 4 rings (SSSR count). The highest BCUT2D eigenvalue weighted by atomic mass is 19.2. The Morgan fingerprint density at radius 1 is 1.07 bits per heavy atom. The number of halogens is 2. The number of fused-ring (bicyclic) bond motifs is 1. The SMILES string of the molecule is COc1cccc(CN2N=N[C@H]3C(=O)N(c4ccc(F)c(F)c4)C(=O)[C@@H]32)c1. The Morgan fingerprint density at radius 2 is 1.89 bits per heavy atom. The van der Waals surface area contributed by atoms with Crippen LogP contribution >= 0.6 is 0 Å². The van der Waals surface area contributed by atoms with Crippen LogP contribution in [0.25, 0.3) is 0 Å². The minimum absolute atomic E-state index is 0.0326. The first-order valence-corrected chi connectivity index (χ1v) is 8.13.